The summed E-state index contributed by atoms with van der Waals surface area (Å²) in [6, 6.07) is 6.93. The molecule has 1 N–H and O–H groups in total. The fraction of sp³-hybridized carbons (Fsp3) is 0.167. The van der Waals surface area contributed by atoms with Gasteiger partial charge >= 0.3 is 0 Å². The SMILES string of the molecule is Cc1cccc(NS(=O)(=O)c2cc(Cl)c(Br)s2)c1C. The molecule has 102 valence electrons. The Balaban J connectivity index is 2.39. The van der Waals surface area contributed by atoms with E-state index in [1.807, 2.05) is 26.0 Å². The van der Waals surface area contributed by atoms with Crippen LogP contribution in [0.2, 0.25) is 5.02 Å². The number of rotatable bonds is 3. The Hall–Kier alpha value is -0.560. The Morgan fingerprint density at radius 2 is 2.00 bits per heavy atom. The summed E-state index contributed by atoms with van der Waals surface area (Å²) >= 11 is 10.2. The van der Waals surface area contributed by atoms with Gasteiger partial charge in [0.05, 0.1) is 14.5 Å². The molecule has 0 radical (unpaired) electrons. The second-order valence-corrected chi connectivity index (χ2v) is 8.73. The van der Waals surface area contributed by atoms with Crippen LogP contribution in [0.4, 0.5) is 5.69 Å². The van der Waals surface area contributed by atoms with Gasteiger partial charge in [0.2, 0.25) is 0 Å². The molecular weight excluding hydrogens is 370 g/mol. The molecular formula is C12H11BrClNO2S2. The van der Waals surface area contributed by atoms with Crippen LogP contribution in [0, 0.1) is 13.8 Å². The van der Waals surface area contributed by atoms with Crippen LogP contribution in [0.25, 0.3) is 0 Å². The Morgan fingerprint density at radius 3 is 2.58 bits per heavy atom. The molecule has 7 heteroatoms. The van der Waals surface area contributed by atoms with Crippen LogP contribution in [0.3, 0.4) is 0 Å². The molecule has 2 rings (SSSR count). The van der Waals surface area contributed by atoms with Crippen molar-refractivity contribution >= 4 is 54.6 Å². The van der Waals surface area contributed by atoms with Gasteiger partial charge < -0.3 is 0 Å². The summed E-state index contributed by atoms with van der Waals surface area (Å²) in [5.74, 6) is 0. The van der Waals surface area contributed by atoms with Crippen molar-refractivity contribution in [1.29, 1.82) is 0 Å². The Morgan fingerprint density at radius 1 is 1.32 bits per heavy atom. The topological polar surface area (TPSA) is 46.2 Å². The first-order valence-corrected chi connectivity index (χ1v) is 8.82. The van der Waals surface area contributed by atoms with Crippen LogP contribution in [0.1, 0.15) is 11.1 Å². The quantitative estimate of drug-likeness (QED) is 0.847. The number of hydrogen-bond donors (Lipinski definition) is 1. The molecule has 2 aromatic rings. The highest BCUT2D eigenvalue weighted by Gasteiger charge is 2.20. The van der Waals surface area contributed by atoms with E-state index in [1.165, 1.54) is 6.07 Å². The van der Waals surface area contributed by atoms with Crippen LogP contribution >= 0.6 is 38.9 Å². The van der Waals surface area contributed by atoms with Crippen LogP contribution in [0.5, 0.6) is 0 Å². The van der Waals surface area contributed by atoms with Gasteiger partial charge in [-0.25, -0.2) is 8.42 Å². The van der Waals surface area contributed by atoms with Crippen molar-refractivity contribution in [3.63, 3.8) is 0 Å². The van der Waals surface area contributed by atoms with Crippen molar-refractivity contribution in [1.82, 2.24) is 0 Å². The first-order valence-electron chi connectivity index (χ1n) is 5.35. The minimum Gasteiger partial charge on any atom is -0.279 e. The molecule has 19 heavy (non-hydrogen) atoms. The lowest BCUT2D eigenvalue weighted by atomic mass is 10.1. The van der Waals surface area contributed by atoms with Crippen molar-refractivity contribution < 1.29 is 8.42 Å². The highest BCUT2D eigenvalue weighted by molar-refractivity contribution is 9.11. The monoisotopic (exact) mass is 379 g/mol. The molecule has 1 aromatic heterocycles. The normalized spacial score (nSPS) is 11.6. The van der Waals surface area contributed by atoms with Crippen molar-refractivity contribution in [2.45, 2.75) is 18.1 Å². The van der Waals surface area contributed by atoms with Gasteiger partial charge in [0.25, 0.3) is 10.0 Å². The van der Waals surface area contributed by atoms with Gasteiger partial charge in [-0.1, -0.05) is 23.7 Å². The predicted octanol–water partition coefficient (Wildman–Crippen LogP) is 4.58. The second kappa shape index (κ2) is 5.44. The molecule has 0 saturated heterocycles. The maximum Gasteiger partial charge on any atom is 0.271 e. The summed E-state index contributed by atoms with van der Waals surface area (Å²) in [6.07, 6.45) is 0. The third-order valence-electron chi connectivity index (χ3n) is 2.74. The number of thiophene rings is 1. The third kappa shape index (κ3) is 3.13. The van der Waals surface area contributed by atoms with Crippen molar-refractivity contribution in [3.8, 4) is 0 Å². The fourth-order valence-corrected chi connectivity index (χ4v) is 5.04. The molecule has 0 unspecified atom stereocenters. The Kier molecular flexibility index (Phi) is 4.25. The minimum atomic E-state index is -3.60. The molecule has 1 heterocycles. The van der Waals surface area contributed by atoms with E-state index in [2.05, 4.69) is 20.7 Å². The van der Waals surface area contributed by atoms with Gasteiger partial charge in [-0.2, -0.15) is 0 Å². The van der Waals surface area contributed by atoms with E-state index in [-0.39, 0.29) is 4.21 Å². The van der Waals surface area contributed by atoms with E-state index in [0.717, 1.165) is 22.5 Å². The molecule has 0 fully saturated rings. The van der Waals surface area contributed by atoms with Crippen LogP contribution in [0.15, 0.2) is 32.3 Å². The third-order valence-corrected chi connectivity index (χ3v) is 7.05. The molecule has 0 aliphatic rings. The Labute approximate surface area is 129 Å². The van der Waals surface area contributed by atoms with Gasteiger partial charge in [0, 0.05) is 0 Å². The molecule has 1 aromatic carbocycles. The van der Waals surface area contributed by atoms with E-state index >= 15 is 0 Å². The first-order chi connectivity index (χ1) is 8.81. The molecule has 0 spiro atoms. The fourth-order valence-electron chi connectivity index (χ4n) is 1.52. The molecule has 0 amide bonds. The smallest absolute Gasteiger partial charge is 0.271 e. The number of benzene rings is 1. The molecule has 0 bridgehead atoms. The summed E-state index contributed by atoms with van der Waals surface area (Å²) in [5, 5.41) is 0.395. The lowest BCUT2D eigenvalue weighted by Gasteiger charge is -2.10. The summed E-state index contributed by atoms with van der Waals surface area (Å²) < 4.78 is 27.9. The highest BCUT2D eigenvalue weighted by Crippen LogP contribution is 2.35. The van der Waals surface area contributed by atoms with Crippen molar-refractivity contribution in [2.75, 3.05) is 4.72 Å². The lowest BCUT2D eigenvalue weighted by Crippen LogP contribution is -2.12. The first kappa shape index (κ1) is 14.8. The van der Waals surface area contributed by atoms with Crippen LogP contribution in [-0.2, 0) is 10.0 Å². The predicted molar refractivity (Wildman–Crippen MR) is 83.8 cm³/mol. The van der Waals surface area contributed by atoms with Gasteiger partial charge in [0.1, 0.15) is 4.21 Å². The standard InChI is InChI=1S/C12H11BrClNO2S2/c1-7-4-3-5-10(8(7)2)15-19(16,17)11-6-9(14)12(13)18-11/h3-6,15H,1-2H3. The second-order valence-electron chi connectivity index (χ2n) is 4.04. The van der Waals surface area contributed by atoms with Gasteiger partial charge in [-0.15, -0.1) is 11.3 Å². The average Bonchev–Trinajstić information content (AvgIpc) is 2.66. The summed E-state index contributed by atoms with van der Waals surface area (Å²) in [4.78, 5) is 0. The highest BCUT2D eigenvalue weighted by atomic mass is 79.9. The van der Waals surface area contributed by atoms with Gasteiger partial charge in [-0.3, -0.25) is 4.72 Å². The average molecular weight is 381 g/mol. The van der Waals surface area contributed by atoms with Crippen LogP contribution in [-0.4, -0.2) is 8.42 Å². The number of sulfonamides is 1. The molecule has 0 atom stereocenters. The lowest BCUT2D eigenvalue weighted by molar-refractivity contribution is 0.603. The number of nitrogens with one attached hydrogen (secondary N) is 1. The van der Waals surface area contributed by atoms with E-state index in [1.54, 1.807) is 6.07 Å². The number of anilines is 1. The van der Waals surface area contributed by atoms with Gasteiger partial charge in [-0.05, 0) is 53.0 Å². The van der Waals surface area contributed by atoms with Crippen molar-refractivity contribution in [2.24, 2.45) is 0 Å². The number of hydrogen-bond acceptors (Lipinski definition) is 3. The largest absolute Gasteiger partial charge is 0.279 e. The molecule has 3 nitrogen and oxygen atoms in total. The Bertz CT molecular complexity index is 706. The summed E-state index contributed by atoms with van der Waals surface area (Å²) in [6.45, 7) is 3.82. The summed E-state index contributed by atoms with van der Waals surface area (Å²) in [5.41, 5.74) is 2.53. The molecule has 0 aliphatic carbocycles. The molecule has 0 saturated carbocycles. The van der Waals surface area contributed by atoms with E-state index in [9.17, 15) is 8.42 Å². The molecule has 0 aliphatic heterocycles. The van der Waals surface area contributed by atoms with Crippen molar-refractivity contribution in [3.05, 3.63) is 44.2 Å². The summed E-state index contributed by atoms with van der Waals surface area (Å²) in [7, 11) is -3.60. The van der Waals surface area contributed by atoms with E-state index < -0.39 is 10.0 Å². The van der Waals surface area contributed by atoms with E-state index in [0.29, 0.717) is 14.5 Å². The number of halogens is 2. The van der Waals surface area contributed by atoms with Gasteiger partial charge in [0.15, 0.2) is 0 Å². The zero-order valence-corrected chi connectivity index (χ0v) is 14.2. The maximum absolute atomic E-state index is 12.3. The number of aryl methyl sites for hydroxylation is 1. The zero-order chi connectivity index (χ0) is 14.2. The van der Waals surface area contributed by atoms with E-state index in [4.69, 9.17) is 11.6 Å². The zero-order valence-electron chi connectivity index (χ0n) is 10.2. The van der Waals surface area contributed by atoms with Crippen LogP contribution < -0.4 is 4.72 Å². The minimum absolute atomic E-state index is 0.185. The maximum atomic E-state index is 12.3.